The highest BCUT2D eigenvalue weighted by atomic mass is 32.1. The van der Waals surface area contributed by atoms with E-state index in [4.69, 9.17) is 5.73 Å². The Balaban J connectivity index is 2.07. The van der Waals surface area contributed by atoms with Crippen LogP contribution in [0.2, 0.25) is 0 Å². The van der Waals surface area contributed by atoms with E-state index in [-0.39, 0.29) is 11.2 Å². The summed E-state index contributed by atoms with van der Waals surface area (Å²) in [4.78, 5) is 1.30. The number of thiophene rings is 1. The Morgan fingerprint density at radius 3 is 2.72 bits per heavy atom. The van der Waals surface area contributed by atoms with E-state index in [1.165, 1.54) is 17.0 Å². The van der Waals surface area contributed by atoms with Gasteiger partial charge >= 0.3 is 0 Å². The number of nitrogens with one attached hydrogen (secondary N) is 1. The van der Waals surface area contributed by atoms with Gasteiger partial charge in [-0.3, -0.25) is 0 Å². The molecule has 2 aromatic rings. The van der Waals surface area contributed by atoms with E-state index >= 15 is 0 Å². The molecule has 0 saturated carbocycles. The van der Waals surface area contributed by atoms with Gasteiger partial charge in [-0.25, -0.2) is 4.39 Å². The second kappa shape index (κ2) is 4.98. The fourth-order valence-electron chi connectivity index (χ4n) is 1.79. The van der Waals surface area contributed by atoms with Crippen molar-refractivity contribution in [2.24, 2.45) is 0 Å². The van der Waals surface area contributed by atoms with Gasteiger partial charge in [-0.05, 0) is 29.6 Å². The van der Waals surface area contributed by atoms with Gasteiger partial charge in [-0.2, -0.15) is 0 Å². The molecule has 2 nitrogen and oxygen atoms in total. The lowest BCUT2D eigenvalue weighted by Gasteiger charge is -2.24. The van der Waals surface area contributed by atoms with Crippen LogP contribution in [0.3, 0.4) is 0 Å². The van der Waals surface area contributed by atoms with E-state index in [0.29, 0.717) is 5.69 Å². The number of nitrogens with two attached hydrogens (primary N) is 1. The summed E-state index contributed by atoms with van der Waals surface area (Å²) in [5.74, 6) is -0.313. The Labute approximate surface area is 111 Å². The Bertz CT molecular complexity index is 500. The molecule has 1 heterocycles. The minimum Gasteiger partial charge on any atom is -0.399 e. The van der Waals surface area contributed by atoms with Gasteiger partial charge in [0.1, 0.15) is 5.82 Å². The van der Waals surface area contributed by atoms with Gasteiger partial charge in [-0.15, -0.1) is 11.3 Å². The highest BCUT2D eigenvalue weighted by Gasteiger charge is 2.21. The number of nitrogen functional groups attached to an aromatic ring is 1. The van der Waals surface area contributed by atoms with E-state index < -0.39 is 0 Å². The van der Waals surface area contributed by atoms with Gasteiger partial charge in [0, 0.05) is 28.2 Å². The first-order valence-electron chi connectivity index (χ1n) is 5.81. The molecule has 0 spiro atoms. The molecule has 0 fully saturated rings. The zero-order valence-corrected chi connectivity index (χ0v) is 11.4. The van der Waals surface area contributed by atoms with Gasteiger partial charge in [0.05, 0.1) is 0 Å². The average Bonchev–Trinajstić information content (AvgIpc) is 2.79. The van der Waals surface area contributed by atoms with Gasteiger partial charge < -0.3 is 11.1 Å². The molecule has 4 heteroatoms. The smallest absolute Gasteiger partial charge is 0.127 e. The molecular weight excluding hydrogens is 247 g/mol. The lowest BCUT2D eigenvalue weighted by atomic mass is 9.91. The van der Waals surface area contributed by atoms with E-state index in [1.54, 1.807) is 17.4 Å². The summed E-state index contributed by atoms with van der Waals surface area (Å²) in [6, 6.07) is 8.68. The maximum absolute atomic E-state index is 13.2. The van der Waals surface area contributed by atoms with Crippen molar-refractivity contribution in [3.05, 3.63) is 46.4 Å². The topological polar surface area (TPSA) is 38.0 Å². The first-order valence-corrected chi connectivity index (χ1v) is 6.69. The molecule has 18 heavy (non-hydrogen) atoms. The van der Waals surface area contributed by atoms with Crippen molar-refractivity contribution in [2.45, 2.75) is 19.3 Å². The SMILES string of the molecule is CC(C)(CNc1cc(N)cc(F)c1)c1cccs1. The lowest BCUT2D eigenvalue weighted by Crippen LogP contribution is -2.26. The quantitative estimate of drug-likeness (QED) is 0.823. The monoisotopic (exact) mass is 264 g/mol. The predicted molar refractivity (Wildman–Crippen MR) is 76.6 cm³/mol. The van der Waals surface area contributed by atoms with Crippen LogP contribution >= 0.6 is 11.3 Å². The van der Waals surface area contributed by atoms with Crippen LogP contribution in [-0.2, 0) is 5.41 Å². The molecule has 1 aromatic heterocycles. The first-order chi connectivity index (χ1) is 8.47. The molecule has 0 aliphatic rings. The van der Waals surface area contributed by atoms with Crippen molar-refractivity contribution in [1.82, 2.24) is 0 Å². The van der Waals surface area contributed by atoms with Crippen LogP contribution in [0, 0.1) is 5.82 Å². The summed E-state index contributed by atoms with van der Waals surface area (Å²) in [6.07, 6.45) is 0. The van der Waals surface area contributed by atoms with Gasteiger partial charge in [0.15, 0.2) is 0 Å². The van der Waals surface area contributed by atoms with Crippen LogP contribution in [0.1, 0.15) is 18.7 Å². The van der Waals surface area contributed by atoms with Crippen LogP contribution in [0.25, 0.3) is 0 Å². The number of hydrogen-bond donors (Lipinski definition) is 2. The molecule has 96 valence electrons. The fraction of sp³-hybridized carbons (Fsp3) is 0.286. The second-order valence-electron chi connectivity index (χ2n) is 4.99. The van der Waals surface area contributed by atoms with Crippen LogP contribution in [0.15, 0.2) is 35.7 Å². The summed E-state index contributed by atoms with van der Waals surface area (Å²) in [5, 5.41) is 5.31. The van der Waals surface area contributed by atoms with Crippen LogP contribution in [0.4, 0.5) is 15.8 Å². The Hall–Kier alpha value is -1.55. The van der Waals surface area contributed by atoms with E-state index in [1.807, 2.05) is 6.07 Å². The molecule has 0 unspecified atom stereocenters. The summed E-state index contributed by atoms with van der Waals surface area (Å²) in [6.45, 7) is 5.05. The molecular formula is C14H17FN2S. The third-order valence-electron chi connectivity index (χ3n) is 2.84. The molecule has 0 amide bonds. The summed E-state index contributed by atoms with van der Waals surface area (Å²) < 4.78 is 13.2. The molecule has 1 aromatic carbocycles. The van der Waals surface area contributed by atoms with Crippen LogP contribution in [0.5, 0.6) is 0 Å². The molecule has 0 aliphatic heterocycles. The molecule has 0 bridgehead atoms. The lowest BCUT2D eigenvalue weighted by molar-refractivity contribution is 0.568. The molecule has 3 N–H and O–H groups in total. The van der Waals surface area contributed by atoms with Crippen molar-refractivity contribution in [3.8, 4) is 0 Å². The zero-order chi connectivity index (χ0) is 13.2. The zero-order valence-electron chi connectivity index (χ0n) is 10.5. The first kappa shape index (κ1) is 12.9. The van der Waals surface area contributed by atoms with E-state index in [2.05, 4.69) is 30.6 Å². The van der Waals surface area contributed by atoms with Crippen LogP contribution < -0.4 is 11.1 Å². The number of halogens is 1. The van der Waals surface area contributed by atoms with Crippen molar-refractivity contribution >= 4 is 22.7 Å². The Morgan fingerprint density at radius 2 is 2.11 bits per heavy atom. The van der Waals surface area contributed by atoms with Crippen LogP contribution in [-0.4, -0.2) is 6.54 Å². The Morgan fingerprint density at radius 1 is 1.33 bits per heavy atom. The summed E-state index contributed by atoms with van der Waals surface area (Å²) in [5.41, 5.74) is 6.78. The number of anilines is 2. The molecule has 0 aliphatic carbocycles. The Kier molecular flexibility index (Phi) is 3.57. The molecule has 0 radical (unpaired) electrons. The predicted octanol–water partition coefficient (Wildman–Crippen LogP) is 3.86. The van der Waals surface area contributed by atoms with Crippen molar-refractivity contribution in [2.75, 3.05) is 17.6 Å². The highest BCUT2D eigenvalue weighted by molar-refractivity contribution is 7.10. The number of benzene rings is 1. The highest BCUT2D eigenvalue weighted by Crippen LogP contribution is 2.28. The molecule has 0 atom stereocenters. The fourth-order valence-corrected chi connectivity index (χ4v) is 2.64. The standard InChI is InChI=1S/C14H17FN2S/c1-14(2,13-4-3-5-18-13)9-17-12-7-10(15)6-11(16)8-12/h3-8,17H,9,16H2,1-2H3. The molecule has 0 saturated heterocycles. The van der Waals surface area contributed by atoms with E-state index in [9.17, 15) is 4.39 Å². The second-order valence-corrected chi connectivity index (χ2v) is 5.94. The normalized spacial score (nSPS) is 11.5. The third kappa shape index (κ3) is 3.01. The maximum Gasteiger partial charge on any atom is 0.127 e. The van der Waals surface area contributed by atoms with Crippen molar-refractivity contribution in [3.63, 3.8) is 0 Å². The van der Waals surface area contributed by atoms with Gasteiger partial charge in [0.2, 0.25) is 0 Å². The number of rotatable bonds is 4. The number of hydrogen-bond acceptors (Lipinski definition) is 3. The average molecular weight is 264 g/mol. The van der Waals surface area contributed by atoms with Crippen molar-refractivity contribution in [1.29, 1.82) is 0 Å². The minimum absolute atomic E-state index is 0.00917. The largest absolute Gasteiger partial charge is 0.399 e. The van der Waals surface area contributed by atoms with Crippen molar-refractivity contribution < 1.29 is 4.39 Å². The van der Waals surface area contributed by atoms with Gasteiger partial charge in [0.25, 0.3) is 0 Å². The maximum atomic E-state index is 13.2. The third-order valence-corrected chi connectivity index (χ3v) is 4.08. The molecule has 2 rings (SSSR count). The summed E-state index contributed by atoms with van der Waals surface area (Å²) >= 11 is 1.73. The van der Waals surface area contributed by atoms with Gasteiger partial charge in [-0.1, -0.05) is 19.9 Å². The van der Waals surface area contributed by atoms with E-state index in [0.717, 1.165) is 12.2 Å². The summed E-state index contributed by atoms with van der Waals surface area (Å²) in [7, 11) is 0. The minimum atomic E-state index is -0.313.